The molecule has 1 N–H and O–H groups in total. The van der Waals surface area contributed by atoms with Crippen molar-refractivity contribution in [3.8, 4) is 5.75 Å². The van der Waals surface area contributed by atoms with E-state index in [9.17, 15) is 4.79 Å². The van der Waals surface area contributed by atoms with E-state index in [-0.39, 0.29) is 11.3 Å². The van der Waals surface area contributed by atoms with Crippen molar-refractivity contribution >= 4 is 17.5 Å². The third-order valence-electron chi connectivity index (χ3n) is 3.56. The average molecular weight is 282 g/mol. The first-order valence-corrected chi connectivity index (χ1v) is 7.24. The van der Waals surface area contributed by atoms with Crippen LogP contribution in [0, 0.1) is 5.92 Å². The second-order valence-electron chi connectivity index (χ2n) is 5.08. The van der Waals surface area contributed by atoms with E-state index in [4.69, 9.17) is 16.3 Å². The number of amides is 1. The number of halogens is 1. The molecule has 3 nitrogen and oxygen atoms in total. The maximum atomic E-state index is 11.9. The number of carbonyl (C=O) groups is 1. The van der Waals surface area contributed by atoms with Crippen molar-refractivity contribution in [2.24, 2.45) is 5.92 Å². The van der Waals surface area contributed by atoms with Gasteiger partial charge in [0.15, 0.2) is 0 Å². The van der Waals surface area contributed by atoms with E-state index in [1.807, 2.05) is 18.2 Å². The lowest BCUT2D eigenvalue weighted by molar-refractivity contribution is 0.0957. The Bertz CT molecular complexity index is 461. The minimum absolute atomic E-state index is 0.0590. The van der Waals surface area contributed by atoms with Crippen LogP contribution in [-0.2, 0) is 0 Å². The summed E-state index contributed by atoms with van der Waals surface area (Å²) in [6.07, 6.45) is 2.02. The quantitative estimate of drug-likeness (QED) is 0.858. The third kappa shape index (κ3) is 3.41. The zero-order valence-corrected chi connectivity index (χ0v) is 12.2. The van der Waals surface area contributed by atoms with E-state index >= 15 is 0 Å². The normalized spacial score (nSPS) is 17.7. The number of rotatable bonds is 4. The van der Waals surface area contributed by atoms with Crippen molar-refractivity contribution < 1.29 is 9.53 Å². The zero-order chi connectivity index (χ0) is 13.8. The topological polar surface area (TPSA) is 38.3 Å². The first-order valence-electron chi connectivity index (χ1n) is 6.80. The smallest absolute Gasteiger partial charge is 0.255 e. The highest BCUT2D eigenvalue weighted by molar-refractivity contribution is 6.20. The Labute approximate surface area is 119 Å². The Balaban J connectivity index is 2.22. The highest BCUT2D eigenvalue weighted by Crippen LogP contribution is 2.32. The van der Waals surface area contributed by atoms with Gasteiger partial charge in [0.2, 0.25) is 0 Å². The second kappa shape index (κ2) is 6.29. The summed E-state index contributed by atoms with van der Waals surface area (Å²) < 4.78 is 5.53. The Hall–Kier alpha value is -1.22. The summed E-state index contributed by atoms with van der Waals surface area (Å²) in [5.74, 6) is 1.14. The molecule has 0 saturated carbocycles. The van der Waals surface area contributed by atoms with Crippen LogP contribution in [0.4, 0.5) is 0 Å². The van der Waals surface area contributed by atoms with Gasteiger partial charge in [-0.15, -0.1) is 11.6 Å². The molecular weight excluding hydrogens is 262 g/mol. The maximum absolute atomic E-state index is 11.9. The minimum Gasteiger partial charge on any atom is -0.491 e. The number of nitrogens with one attached hydrogen (secondary N) is 1. The Morgan fingerprint density at radius 3 is 3.00 bits per heavy atom. The van der Waals surface area contributed by atoms with Crippen LogP contribution in [0.3, 0.4) is 0 Å². The highest BCUT2D eigenvalue weighted by atomic mass is 35.5. The molecule has 0 aromatic heterocycles. The van der Waals surface area contributed by atoms with Gasteiger partial charge in [0.25, 0.3) is 5.91 Å². The predicted octanol–water partition coefficient (Wildman–Crippen LogP) is 3.52. The predicted molar refractivity (Wildman–Crippen MR) is 76.9 cm³/mol. The van der Waals surface area contributed by atoms with Gasteiger partial charge in [-0.05, 0) is 30.0 Å². The van der Waals surface area contributed by atoms with Gasteiger partial charge < -0.3 is 10.1 Å². The lowest BCUT2D eigenvalue weighted by atomic mass is 9.97. The van der Waals surface area contributed by atoms with Crippen LogP contribution in [0.25, 0.3) is 0 Å². The maximum Gasteiger partial charge on any atom is 0.255 e. The van der Waals surface area contributed by atoms with Crippen LogP contribution < -0.4 is 10.1 Å². The summed E-state index contributed by atoms with van der Waals surface area (Å²) in [7, 11) is 0. The summed E-state index contributed by atoms with van der Waals surface area (Å²) in [5, 5.41) is 2.75. The van der Waals surface area contributed by atoms with Crippen molar-refractivity contribution in [3.63, 3.8) is 0 Å². The van der Waals surface area contributed by atoms with E-state index in [2.05, 4.69) is 19.2 Å². The molecule has 0 radical (unpaired) electrons. The summed E-state index contributed by atoms with van der Waals surface area (Å²) in [5.41, 5.74) is 1.58. The van der Waals surface area contributed by atoms with Crippen LogP contribution >= 0.6 is 11.6 Å². The van der Waals surface area contributed by atoms with E-state index in [0.717, 1.165) is 18.4 Å². The van der Waals surface area contributed by atoms with Crippen molar-refractivity contribution in [1.82, 2.24) is 5.32 Å². The van der Waals surface area contributed by atoms with Gasteiger partial charge in [0.05, 0.1) is 17.5 Å². The average Bonchev–Trinajstić information content (AvgIpc) is 2.60. The van der Waals surface area contributed by atoms with Crippen molar-refractivity contribution in [2.45, 2.75) is 32.1 Å². The standard InChI is InChI=1S/C15H20ClNO2/c1-3-10(2)8-13(16)11-4-5-14-12(9-11)15(18)17-6-7-19-14/h4-5,9-10,13H,3,6-8H2,1-2H3,(H,17,18). The summed E-state index contributed by atoms with van der Waals surface area (Å²) >= 11 is 6.44. The summed E-state index contributed by atoms with van der Waals surface area (Å²) in [4.78, 5) is 11.9. The van der Waals surface area contributed by atoms with Gasteiger partial charge in [-0.25, -0.2) is 0 Å². The van der Waals surface area contributed by atoms with Gasteiger partial charge >= 0.3 is 0 Å². The molecule has 1 aromatic rings. The van der Waals surface area contributed by atoms with Crippen LogP contribution in [-0.4, -0.2) is 19.1 Å². The van der Waals surface area contributed by atoms with E-state index in [1.165, 1.54) is 0 Å². The van der Waals surface area contributed by atoms with Gasteiger partial charge in [0.1, 0.15) is 12.4 Å². The number of benzene rings is 1. The highest BCUT2D eigenvalue weighted by Gasteiger charge is 2.19. The Morgan fingerprint density at radius 2 is 2.26 bits per heavy atom. The number of carbonyl (C=O) groups excluding carboxylic acids is 1. The summed E-state index contributed by atoms with van der Waals surface area (Å²) in [6, 6.07) is 5.66. The van der Waals surface area contributed by atoms with Gasteiger partial charge in [0, 0.05) is 0 Å². The zero-order valence-electron chi connectivity index (χ0n) is 11.4. The molecule has 1 heterocycles. The lowest BCUT2D eigenvalue weighted by Gasteiger charge is -2.16. The van der Waals surface area contributed by atoms with Crippen LogP contribution in [0.5, 0.6) is 5.75 Å². The SMILES string of the molecule is CCC(C)CC(Cl)c1ccc2c(c1)C(=O)NCCO2. The van der Waals surface area contributed by atoms with E-state index in [1.54, 1.807) is 0 Å². The second-order valence-corrected chi connectivity index (χ2v) is 5.60. The first-order chi connectivity index (χ1) is 9.11. The monoisotopic (exact) mass is 281 g/mol. The molecule has 2 atom stereocenters. The van der Waals surface area contributed by atoms with Crippen molar-refractivity contribution in [3.05, 3.63) is 29.3 Å². The molecule has 2 rings (SSSR count). The number of ether oxygens (including phenoxy) is 1. The number of fused-ring (bicyclic) bond motifs is 1. The van der Waals surface area contributed by atoms with Gasteiger partial charge in [-0.2, -0.15) is 0 Å². The van der Waals surface area contributed by atoms with Gasteiger partial charge in [-0.3, -0.25) is 4.79 Å². The molecule has 0 aliphatic carbocycles. The fraction of sp³-hybridized carbons (Fsp3) is 0.533. The molecule has 1 aromatic carbocycles. The molecule has 104 valence electrons. The lowest BCUT2D eigenvalue weighted by Crippen LogP contribution is -2.24. The summed E-state index contributed by atoms with van der Waals surface area (Å²) in [6.45, 7) is 5.40. The fourth-order valence-corrected chi connectivity index (χ4v) is 2.56. The molecule has 0 bridgehead atoms. The minimum atomic E-state index is -0.0817. The largest absolute Gasteiger partial charge is 0.491 e. The Morgan fingerprint density at radius 1 is 1.47 bits per heavy atom. The van der Waals surface area contributed by atoms with Crippen molar-refractivity contribution in [1.29, 1.82) is 0 Å². The molecule has 1 amide bonds. The molecule has 2 unspecified atom stereocenters. The number of alkyl halides is 1. The molecule has 0 saturated heterocycles. The van der Waals surface area contributed by atoms with Crippen LogP contribution in [0.2, 0.25) is 0 Å². The molecular formula is C15H20ClNO2. The molecule has 0 fully saturated rings. The van der Waals surface area contributed by atoms with Crippen LogP contribution in [0.15, 0.2) is 18.2 Å². The van der Waals surface area contributed by atoms with Crippen molar-refractivity contribution in [2.75, 3.05) is 13.2 Å². The molecule has 19 heavy (non-hydrogen) atoms. The molecule has 4 heteroatoms. The third-order valence-corrected chi connectivity index (χ3v) is 3.99. The van der Waals surface area contributed by atoms with E-state index in [0.29, 0.717) is 30.4 Å². The number of hydrogen-bond acceptors (Lipinski definition) is 2. The Kier molecular flexibility index (Phi) is 4.70. The molecule has 1 aliphatic rings. The number of hydrogen-bond donors (Lipinski definition) is 1. The fourth-order valence-electron chi connectivity index (χ4n) is 2.12. The van der Waals surface area contributed by atoms with Gasteiger partial charge in [-0.1, -0.05) is 26.3 Å². The first kappa shape index (κ1) is 14.2. The molecule has 0 spiro atoms. The molecule has 1 aliphatic heterocycles. The van der Waals surface area contributed by atoms with E-state index < -0.39 is 0 Å². The van der Waals surface area contributed by atoms with Crippen LogP contribution in [0.1, 0.15) is 48.0 Å².